The van der Waals surface area contributed by atoms with Crippen molar-refractivity contribution in [3.05, 3.63) is 56.1 Å². The van der Waals surface area contributed by atoms with E-state index in [1.165, 1.54) is 26.8 Å². The number of carbonyl (C=O) groups excluding carboxylic acids is 1. The maximum atomic E-state index is 12.8. The SMILES string of the molecule is O=C(c1cnc2sccn2c1=O)N1CCCC1c1cccs1. The number of amides is 1. The molecule has 1 unspecified atom stereocenters. The van der Waals surface area contributed by atoms with Gasteiger partial charge >= 0.3 is 0 Å². The van der Waals surface area contributed by atoms with Gasteiger partial charge in [-0.3, -0.25) is 14.0 Å². The van der Waals surface area contributed by atoms with Gasteiger partial charge in [0, 0.05) is 29.2 Å². The molecule has 1 saturated heterocycles. The van der Waals surface area contributed by atoms with E-state index in [1.54, 1.807) is 22.9 Å². The molecule has 3 aromatic rings. The number of likely N-dealkylation sites (tertiary alicyclic amines) is 1. The summed E-state index contributed by atoms with van der Waals surface area (Å²) in [7, 11) is 0. The lowest BCUT2D eigenvalue weighted by Gasteiger charge is -2.23. The maximum Gasteiger partial charge on any atom is 0.271 e. The van der Waals surface area contributed by atoms with E-state index < -0.39 is 0 Å². The molecule has 112 valence electrons. The quantitative estimate of drug-likeness (QED) is 0.725. The summed E-state index contributed by atoms with van der Waals surface area (Å²) in [6.07, 6.45) is 4.98. The molecule has 0 saturated carbocycles. The van der Waals surface area contributed by atoms with Crippen molar-refractivity contribution in [1.29, 1.82) is 0 Å². The number of carbonyl (C=O) groups is 1. The van der Waals surface area contributed by atoms with E-state index in [1.807, 2.05) is 22.4 Å². The van der Waals surface area contributed by atoms with Gasteiger partial charge in [0.2, 0.25) is 0 Å². The molecule has 0 aromatic carbocycles. The Bertz CT molecular complexity index is 882. The van der Waals surface area contributed by atoms with Crippen LogP contribution in [0.25, 0.3) is 4.96 Å². The van der Waals surface area contributed by atoms with Crippen LogP contribution in [0, 0.1) is 0 Å². The lowest BCUT2D eigenvalue weighted by atomic mass is 10.1. The van der Waals surface area contributed by atoms with Crippen molar-refractivity contribution in [2.24, 2.45) is 0 Å². The van der Waals surface area contributed by atoms with Gasteiger partial charge < -0.3 is 4.90 Å². The van der Waals surface area contributed by atoms with E-state index in [9.17, 15) is 9.59 Å². The van der Waals surface area contributed by atoms with Gasteiger partial charge in [-0.1, -0.05) is 6.07 Å². The number of aromatic nitrogens is 2. The Hall–Kier alpha value is -1.99. The van der Waals surface area contributed by atoms with Crippen molar-refractivity contribution in [2.45, 2.75) is 18.9 Å². The third-order valence-electron chi connectivity index (χ3n) is 3.96. The summed E-state index contributed by atoms with van der Waals surface area (Å²) in [5, 5.41) is 3.81. The van der Waals surface area contributed by atoms with E-state index in [-0.39, 0.29) is 23.1 Å². The summed E-state index contributed by atoms with van der Waals surface area (Å²) in [6, 6.07) is 4.12. The van der Waals surface area contributed by atoms with Gasteiger partial charge in [-0.2, -0.15) is 0 Å². The first-order valence-electron chi connectivity index (χ1n) is 7.05. The monoisotopic (exact) mass is 331 g/mol. The number of rotatable bonds is 2. The second-order valence-electron chi connectivity index (χ2n) is 5.20. The topological polar surface area (TPSA) is 54.7 Å². The number of thiazole rings is 1. The van der Waals surface area contributed by atoms with Crippen molar-refractivity contribution in [2.75, 3.05) is 6.54 Å². The number of hydrogen-bond acceptors (Lipinski definition) is 5. The summed E-state index contributed by atoms with van der Waals surface area (Å²) < 4.78 is 1.44. The zero-order chi connectivity index (χ0) is 15.1. The normalized spacial score (nSPS) is 18.2. The van der Waals surface area contributed by atoms with Crippen LogP contribution < -0.4 is 5.56 Å². The summed E-state index contributed by atoms with van der Waals surface area (Å²) in [5.41, 5.74) is -0.132. The molecule has 1 fully saturated rings. The molecule has 1 atom stereocenters. The van der Waals surface area contributed by atoms with E-state index >= 15 is 0 Å². The van der Waals surface area contributed by atoms with Crippen LogP contribution in [0.5, 0.6) is 0 Å². The van der Waals surface area contributed by atoms with Crippen LogP contribution in [0.3, 0.4) is 0 Å². The molecular formula is C15H13N3O2S2. The lowest BCUT2D eigenvalue weighted by molar-refractivity contribution is 0.0735. The van der Waals surface area contributed by atoms with Crippen LogP contribution in [0.1, 0.15) is 34.1 Å². The Labute approximate surface area is 134 Å². The standard InChI is InChI=1S/C15H13N3O2S2/c19-13(10-9-16-15-18(14(10)20)6-8-22-15)17-5-1-3-11(17)12-4-2-7-21-12/h2,4,6-9,11H,1,3,5H2. The number of nitrogens with zero attached hydrogens (tertiary/aromatic N) is 3. The van der Waals surface area contributed by atoms with Crippen LogP contribution in [-0.2, 0) is 0 Å². The zero-order valence-corrected chi connectivity index (χ0v) is 13.3. The van der Waals surface area contributed by atoms with Crippen molar-refractivity contribution in [3.63, 3.8) is 0 Å². The molecule has 22 heavy (non-hydrogen) atoms. The highest BCUT2D eigenvalue weighted by Crippen LogP contribution is 2.35. The fourth-order valence-corrected chi connectivity index (χ4v) is 4.46. The van der Waals surface area contributed by atoms with Gasteiger partial charge in [0.1, 0.15) is 5.56 Å². The second kappa shape index (κ2) is 5.33. The van der Waals surface area contributed by atoms with E-state index in [4.69, 9.17) is 0 Å². The Morgan fingerprint density at radius 3 is 3.05 bits per heavy atom. The molecule has 0 aliphatic carbocycles. The van der Waals surface area contributed by atoms with Crippen LogP contribution >= 0.6 is 22.7 Å². The summed E-state index contributed by atoms with van der Waals surface area (Å²) in [6.45, 7) is 0.688. The average Bonchev–Trinajstić information content (AvgIpc) is 3.26. The molecule has 0 bridgehead atoms. The van der Waals surface area contributed by atoms with Gasteiger partial charge in [-0.05, 0) is 24.3 Å². The number of hydrogen-bond donors (Lipinski definition) is 0. The average molecular weight is 331 g/mol. The van der Waals surface area contributed by atoms with Crippen molar-refractivity contribution < 1.29 is 4.79 Å². The minimum Gasteiger partial charge on any atom is -0.331 e. The predicted molar refractivity (Wildman–Crippen MR) is 86.7 cm³/mol. The van der Waals surface area contributed by atoms with Crippen molar-refractivity contribution in [3.8, 4) is 0 Å². The number of fused-ring (bicyclic) bond motifs is 1. The minimum atomic E-state index is -0.284. The van der Waals surface area contributed by atoms with Gasteiger partial charge in [0.05, 0.1) is 6.04 Å². The molecule has 0 spiro atoms. The molecule has 1 aliphatic rings. The Morgan fingerprint density at radius 2 is 2.23 bits per heavy atom. The molecule has 0 radical (unpaired) electrons. The van der Waals surface area contributed by atoms with Crippen molar-refractivity contribution in [1.82, 2.24) is 14.3 Å². The molecule has 4 heterocycles. The Balaban J connectivity index is 1.73. The zero-order valence-electron chi connectivity index (χ0n) is 11.6. The highest BCUT2D eigenvalue weighted by atomic mass is 32.1. The first-order chi connectivity index (χ1) is 10.8. The van der Waals surface area contributed by atoms with Gasteiger partial charge in [0.25, 0.3) is 11.5 Å². The Kier molecular flexibility index (Phi) is 3.31. The molecule has 4 rings (SSSR count). The van der Waals surface area contributed by atoms with E-state index in [0.29, 0.717) is 11.5 Å². The molecule has 3 aromatic heterocycles. The van der Waals surface area contributed by atoms with E-state index in [0.717, 1.165) is 12.8 Å². The molecule has 5 nitrogen and oxygen atoms in total. The maximum absolute atomic E-state index is 12.8. The predicted octanol–water partition coefficient (Wildman–Crippen LogP) is 2.79. The van der Waals surface area contributed by atoms with Gasteiger partial charge in [-0.15, -0.1) is 22.7 Å². The van der Waals surface area contributed by atoms with E-state index in [2.05, 4.69) is 4.98 Å². The van der Waals surface area contributed by atoms with Crippen LogP contribution in [0.15, 0.2) is 40.1 Å². The van der Waals surface area contributed by atoms with Crippen LogP contribution in [0.2, 0.25) is 0 Å². The molecule has 1 aliphatic heterocycles. The van der Waals surface area contributed by atoms with Gasteiger partial charge in [-0.25, -0.2) is 4.98 Å². The molecule has 0 N–H and O–H groups in total. The minimum absolute atomic E-state index is 0.0788. The molecule has 1 amide bonds. The lowest BCUT2D eigenvalue weighted by Crippen LogP contribution is -2.35. The van der Waals surface area contributed by atoms with Crippen LogP contribution in [0.4, 0.5) is 0 Å². The number of thiophene rings is 1. The highest BCUT2D eigenvalue weighted by molar-refractivity contribution is 7.15. The first-order valence-corrected chi connectivity index (χ1v) is 8.81. The third kappa shape index (κ3) is 2.08. The molecule has 7 heteroatoms. The second-order valence-corrected chi connectivity index (χ2v) is 7.06. The van der Waals surface area contributed by atoms with Gasteiger partial charge in [0.15, 0.2) is 4.96 Å². The third-order valence-corrected chi connectivity index (χ3v) is 5.70. The largest absolute Gasteiger partial charge is 0.331 e. The fraction of sp³-hybridized carbons (Fsp3) is 0.267. The summed E-state index contributed by atoms with van der Waals surface area (Å²) in [5.74, 6) is -0.214. The highest BCUT2D eigenvalue weighted by Gasteiger charge is 2.32. The fourth-order valence-electron chi connectivity index (χ4n) is 2.91. The Morgan fingerprint density at radius 1 is 1.32 bits per heavy atom. The first kappa shape index (κ1) is 13.7. The summed E-state index contributed by atoms with van der Waals surface area (Å²) in [4.78, 5) is 33.1. The molecular weight excluding hydrogens is 318 g/mol. The van der Waals surface area contributed by atoms with Crippen LogP contribution in [-0.4, -0.2) is 26.7 Å². The van der Waals surface area contributed by atoms with Crippen molar-refractivity contribution >= 4 is 33.5 Å². The smallest absolute Gasteiger partial charge is 0.271 e. The summed E-state index contributed by atoms with van der Waals surface area (Å²) >= 11 is 3.03.